The number of amides is 1. The monoisotopic (exact) mass is 468 g/mol. The van der Waals surface area contributed by atoms with E-state index in [0.29, 0.717) is 41.3 Å². The Morgan fingerprint density at radius 1 is 1.00 bits per heavy atom. The number of anilines is 1. The Bertz CT molecular complexity index is 1450. The zero-order chi connectivity index (χ0) is 24.0. The maximum absolute atomic E-state index is 14.2. The maximum atomic E-state index is 14.2. The lowest BCUT2D eigenvalue weighted by Gasteiger charge is -2.11. The molecule has 0 radical (unpaired) electrons. The van der Waals surface area contributed by atoms with Crippen LogP contribution in [-0.4, -0.2) is 27.3 Å². The van der Waals surface area contributed by atoms with E-state index in [-0.39, 0.29) is 17.6 Å². The first kappa shape index (κ1) is 22.1. The Labute approximate surface area is 200 Å². The van der Waals surface area contributed by atoms with E-state index in [0.717, 1.165) is 0 Å². The van der Waals surface area contributed by atoms with Crippen molar-refractivity contribution < 1.29 is 18.3 Å². The van der Waals surface area contributed by atoms with Crippen LogP contribution in [0.2, 0.25) is 0 Å². The van der Waals surface area contributed by atoms with E-state index < -0.39 is 5.82 Å². The van der Waals surface area contributed by atoms with Gasteiger partial charge in [-0.2, -0.15) is 5.10 Å². The number of benzene rings is 3. The molecular formula is C27H21FN4O3. The largest absolute Gasteiger partial charge is 0.492 e. The summed E-state index contributed by atoms with van der Waals surface area (Å²) in [6.07, 6.45) is 5.03. The zero-order valence-corrected chi connectivity index (χ0v) is 18.6. The van der Waals surface area contributed by atoms with Crippen LogP contribution < -0.4 is 10.1 Å². The third kappa shape index (κ3) is 5.11. The first-order valence-electron chi connectivity index (χ1n) is 11.0. The number of oxazole rings is 1. The molecule has 8 heteroatoms. The smallest absolute Gasteiger partial charge is 0.256 e. The third-order valence-corrected chi connectivity index (χ3v) is 5.29. The molecule has 2 heterocycles. The number of rotatable bonds is 8. The number of aromatic nitrogens is 3. The average Bonchev–Trinajstić information content (AvgIpc) is 3.57. The highest BCUT2D eigenvalue weighted by molar-refractivity contribution is 6.08. The molecule has 0 aliphatic carbocycles. The van der Waals surface area contributed by atoms with E-state index in [2.05, 4.69) is 15.4 Å². The summed E-state index contributed by atoms with van der Waals surface area (Å²) in [6.45, 7) is 1.05. The molecule has 0 spiro atoms. The van der Waals surface area contributed by atoms with Crippen molar-refractivity contribution in [1.82, 2.24) is 14.8 Å². The number of nitrogens with one attached hydrogen (secondary N) is 1. The summed E-state index contributed by atoms with van der Waals surface area (Å²) < 4.78 is 27.5. The Hall–Kier alpha value is -4.72. The Morgan fingerprint density at radius 3 is 2.66 bits per heavy atom. The van der Waals surface area contributed by atoms with Gasteiger partial charge in [-0.25, -0.2) is 9.37 Å². The maximum Gasteiger partial charge on any atom is 0.256 e. The summed E-state index contributed by atoms with van der Waals surface area (Å²) in [5.74, 6) is 0.399. The van der Waals surface area contributed by atoms with Crippen LogP contribution in [-0.2, 0) is 6.54 Å². The number of halogens is 1. The number of carbonyl (C=O) groups is 1. The highest BCUT2D eigenvalue weighted by atomic mass is 19.1. The summed E-state index contributed by atoms with van der Waals surface area (Å²) in [6, 6.07) is 22.3. The van der Waals surface area contributed by atoms with Crippen LogP contribution >= 0.6 is 0 Å². The van der Waals surface area contributed by atoms with Crippen molar-refractivity contribution in [1.29, 1.82) is 0 Å². The summed E-state index contributed by atoms with van der Waals surface area (Å²) in [4.78, 5) is 17.4. The highest BCUT2D eigenvalue weighted by Gasteiger charge is 2.18. The minimum atomic E-state index is -0.409. The van der Waals surface area contributed by atoms with Gasteiger partial charge in [0.25, 0.3) is 5.91 Å². The van der Waals surface area contributed by atoms with Crippen LogP contribution in [0, 0.1) is 5.82 Å². The fraction of sp³-hybridized carbons (Fsp3) is 0.0741. The van der Waals surface area contributed by atoms with E-state index in [9.17, 15) is 9.18 Å². The number of hydrogen-bond donors (Lipinski definition) is 1. The third-order valence-electron chi connectivity index (χ3n) is 5.29. The predicted molar refractivity (Wildman–Crippen MR) is 129 cm³/mol. The van der Waals surface area contributed by atoms with Crippen molar-refractivity contribution in [3.05, 3.63) is 109 Å². The van der Waals surface area contributed by atoms with E-state index in [4.69, 9.17) is 9.15 Å². The molecule has 0 bridgehead atoms. The van der Waals surface area contributed by atoms with Crippen molar-refractivity contribution in [3.8, 4) is 28.5 Å². The molecule has 3 aromatic carbocycles. The Morgan fingerprint density at radius 2 is 1.83 bits per heavy atom. The summed E-state index contributed by atoms with van der Waals surface area (Å²) in [5.41, 5.74) is 1.76. The second-order valence-corrected chi connectivity index (χ2v) is 7.65. The van der Waals surface area contributed by atoms with Crippen molar-refractivity contribution >= 4 is 11.6 Å². The van der Waals surface area contributed by atoms with Crippen molar-refractivity contribution in [2.45, 2.75) is 6.54 Å². The van der Waals surface area contributed by atoms with Gasteiger partial charge < -0.3 is 14.5 Å². The molecule has 0 saturated carbocycles. The van der Waals surface area contributed by atoms with Crippen LogP contribution in [0.5, 0.6) is 5.75 Å². The van der Waals surface area contributed by atoms with Crippen LogP contribution in [0.15, 0.2) is 102 Å². The van der Waals surface area contributed by atoms with E-state index in [1.54, 1.807) is 71.5 Å². The molecule has 5 rings (SSSR count). The molecule has 0 saturated heterocycles. The summed E-state index contributed by atoms with van der Waals surface area (Å²) in [5, 5.41) is 7.04. The molecule has 174 valence electrons. The lowest BCUT2D eigenvalue weighted by molar-refractivity contribution is 0.102. The topological polar surface area (TPSA) is 82.2 Å². The van der Waals surface area contributed by atoms with E-state index >= 15 is 0 Å². The standard InChI is InChI=1S/C27H21FN4O3/c28-24-12-4-3-11-23(24)25-18-29-27(35-25)22-10-2-1-9-21(22)26(33)31-19-7-5-8-20(17-19)34-16-15-32-14-6-13-30-32/h1-14,17-18H,15-16H2,(H,31,33). The molecule has 0 aliphatic heterocycles. The predicted octanol–water partition coefficient (Wildman–Crippen LogP) is 5.68. The summed E-state index contributed by atoms with van der Waals surface area (Å²) >= 11 is 0. The zero-order valence-electron chi connectivity index (χ0n) is 18.6. The van der Waals surface area contributed by atoms with Gasteiger partial charge in [0.1, 0.15) is 18.2 Å². The summed E-state index contributed by atoms with van der Waals surface area (Å²) in [7, 11) is 0. The SMILES string of the molecule is O=C(Nc1cccc(OCCn2cccn2)c1)c1ccccc1-c1ncc(-c2ccccc2F)o1. The number of carbonyl (C=O) groups excluding carboxylic acids is 1. The van der Waals surface area contributed by atoms with Gasteiger partial charge in [-0.1, -0.05) is 30.3 Å². The van der Waals surface area contributed by atoms with Gasteiger partial charge in [-0.05, 0) is 42.5 Å². The molecule has 1 N–H and O–H groups in total. The van der Waals surface area contributed by atoms with Gasteiger partial charge >= 0.3 is 0 Å². The molecule has 0 atom stereocenters. The minimum absolute atomic E-state index is 0.227. The number of nitrogens with zero attached hydrogens (tertiary/aromatic N) is 3. The van der Waals surface area contributed by atoms with E-state index in [1.165, 1.54) is 12.3 Å². The van der Waals surface area contributed by atoms with Gasteiger partial charge in [0.05, 0.1) is 23.9 Å². The van der Waals surface area contributed by atoms with Crippen LogP contribution in [0.4, 0.5) is 10.1 Å². The second kappa shape index (κ2) is 10.0. The molecule has 2 aromatic heterocycles. The van der Waals surface area contributed by atoms with Crippen LogP contribution in [0.3, 0.4) is 0 Å². The van der Waals surface area contributed by atoms with Crippen molar-refractivity contribution in [2.75, 3.05) is 11.9 Å². The minimum Gasteiger partial charge on any atom is -0.492 e. The normalized spacial score (nSPS) is 10.8. The average molecular weight is 468 g/mol. The Kier molecular flexibility index (Phi) is 6.34. The molecule has 7 nitrogen and oxygen atoms in total. The molecular weight excluding hydrogens is 447 g/mol. The molecule has 5 aromatic rings. The van der Waals surface area contributed by atoms with Gasteiger partial charge in [-0.3, -0.25) is 9.48 Å². The molecule has 0 unspecified atom stereocenters. The van der Waals surface area contributed by atoms with Gasteiger partial charge in [0.2, 0.25) is 5.89 Å². The first-order valence-corrected chi connectivity index (χ1v) is 11.0. The molecule has 0 fully saturated rings. The number of ether oxygens (including phenoxy) is 1. The van der Waals surface area contributed by atoms with Crippen LogP contribution in [0.1, 0.15) is 10.4 Å². The van der Waals surface area contributed by atoms with E-state index in [1.807, 2.05) is 18.3 Å². The van der Waals surface area contributed by atoms with Crippen LogP contribution in [0.25, 0.3) is 22.8 Å². The molecule has 0 aliphatic rings. The molecule has 35 heavy (non-hydrogen) atoms. The Balaban J connectivity index is 1.31. The first-order chi connectivity index (χ1) is 17.2. The van der Waals surface area contributed by atoms with Gasteiger partial charge in [0, 0.05) is 29.7 Å². The quantitative estimate of drug-likeness (QED) is 0.317. The molecule has 1 amide bonds. The fourth-order valence-corrected chi connectivity index (χ4v) is 3.60. The highest BCUT2D eigenvalue weighted by Crippen LogP contribution is 2.30. The fourth-order valence-electron chi connectivity index (χ4n) is 3.60. The van der Waals surface area contributed by atoms with Crippen molar-refractivity contribution in [2.24, 2.45) is 0 Å². The van der Waals surface area contributed by atoms with Gasteiger partial charge in [0.15, 0.2) is 5.76 Å². The number of hydrogen-bond acceptors (Lipinski definition) is 5. The second-order valence-electron chi connectivity index (χ2n) is 7.65. The van der Waals surface area contributed by atoms with Gasteiger partial charge in [-0.15, -0.1) is 0 Å². The lowest BCUT2D eigenvalue weighted by Crippen LogP contribution is -2.13. The van der Waals surface area contributed by atoms with Crippen molar-refractivity contribution in [3.63, 3.8) is 0 Å². The lowest BCUT2D eigenvalue weighted by atomic mass is 10.1.